The van der Waals surface area contributed by atoms with Crippen LogP contribution in [-0.4, -0.2) is 42.7 Å². The third-order valence-corrected chi connectivity index (χ3v) is 4.54. The first-order valence-electron chi connectivity index (χ1n) is 8.59. The van der Waals surface area contributed by atoms with E-state index < -0.39 is 0 Å². The number of hydrogen-bond donors (Lipinski definition) is 0. The predicted octanol–water partition coefficient (Wildman–Crippen LogP) is 3.51. The monoisotopic (exact) mass is 402 g/mol. The molecule has 154 valence electrons. The van der Waals surface area contributed by atoms with Gasteiger partial charge in [-0.2, -0.15) is 0 Å². The minimum Gasteiger partial charge on any atom is -0.493 e. The molecule has 3 rings (SSSR count). The molecule has 29 heavy (non-hydrogen) atoms. The van der Waals surface area contributed by atoms with Gasteiger partial charge >= 0.3 is 0 Å². The van der Waals surface area contributed by atoms with Gasteiger partial charge in [0.1, 0.15) is 6.26 Å². The van der Waals surface area contributed by atoms with Gasteiger partial charge in [0, 0.05) is 0 Å². The zero-order chi connectivity index (χ0) is 21.1. The van der Waals surface area contributed by atoms with Crippen LogP contribution >= 0.6 is 0 Å². The molecule has 0 N–H and O–H groups in total. The smallest absolute Gasteiger partial charge is 0.208 e. The Balaban J connectivity index is 2.33. The summed E-state index contributed by atoms with van der Waals surface area (Å²) in [5, 5.41) is 0.283. The van der Waals surface area contributed by atoms with Crippen molar-refractivity contribution in [2.24, 2.45) is 0 Å². The van der Waals surface area contributed by atoms with Crippen molar-refractivity contribution in [3.05, 3.63) is 34.7 Å². The lowest BCUT2D eigenvalue weighted by atomic mass is 10.0. The van der Waals surface area contributed by atoms with Crippen molar-refractivity contribution in [1.82, 2.24) is 0 Å². The highest BCUT2D eigenvalue weighted by molar-refractivity contribution is 5.90. The van der Waals surface area contributed by atoms with Crippen molar-refractivity contribution in [3.63, 3.8) is 0 Å². The summed E-state index contributed by atoms with van der Waals surface area (Å²) in [7, 11) is 8.94. The molecule has 1 heterocycles. The van der Waals surface area contributed by atoms with E-state index in [9.17, 15) is 4.79 Å². The molecule has 3 aromatic rings. The molecule has 0 saturated carbocycles. The van der Waals surface area contributed by atoms with Crippen molar-refractivity contribution in [1.29, 1.82) is 0 Å². The third-order valence-electron chi connectivity index (χ3n) is 4.54. The topological polar surface area (TPSA) is 85.6 Å². The Kier molecular flexibility index (Phi) is 5.72. The average Bonchev–Trinajstić information content (AvgIpc) is 2.76. The van der Waals surface area contributed by atoms with Crippen LogP contribution < -0.4 is 33.8 Å². The zero-order valence-electron chi connectivity index (χ0n) is 17.1. The van der Waals surface area contributed by atoms with Gasteiger partial charge in [-0.05, 0) is 23.8 Å². The fourth-order valence-electron chi connectivity index (χ4n) is 3.17. The predicted molar refractivity (Wildman–Crippen MR) is 107 cm³/mol. The van der Waals surface area contributed by atoms with Gasteiger partial charge in [-0.3, -0.25) is 4.79 Å². The highest BCUT2D eigenvalue weighted by Crippen LogP contribution is 2.44. The number of benzene rings is 2. The number of ether oxygens (including phenoxy) is 6. The highest BCUT2D eigenvalue weighted by atomic mass is 16.5. The minimum absolute atomic E-state index is 0.256. The summed E-state index contributed by atoms with van der Waals surface area (Å²) in [4.78, 5) is 13.3. The van der Waals surface area contributed by atoms with Crippen LogP contribution in [0, 0.1) is 0 Å². The van der Waals surface area contributed by atoms with Crippen LogP contribution in [0.2, 0.25) is 0 Å². The molecule has 0 aliphatic heterocycles. The fraction of sp³-hybridized carbons (Fsp3) is 0.286. The van der Waals surface area contributed by atoms with Gasteiger partial charge in [0.05, 0.1) is 53.6 Å². The molecule has 0 radical (unpaired) electrons. The van der Waals surface area contributed by atoms with Crippen molar-refractivity contribution >= 4 is 11.0 Å². The van der Waals surface area contributed by atoms with Crippen molar-refractivity contribution in [2.75, 3.05) is 42.7 Å². The van der Waals surface area contributed by atoms with Crippen LogP contribution in [0.5, 0.6) is 34.5 Å². The standard InChI is InChI=1S/C21H22O8/c1-23-14-7-11(8-15(24-2)19(14)26-4)13-10-29-18-12(17(13)22)9-16(25-3)20(27-5)21(18)28-6/h7-10H,1-6H3. The van der Waals surface area contributed by atoms with Crippen molar-refractivity contribution < 1.29 is 32.8 Å². The maximum absolute atomic E-state index is 13.3. The molecule has 0 unspecified atom stereocenters. The number of methoxy groups -OCH3 is 6. The molecular formula is C21H22O8. The third kappa shape index (κ3) is 3.26. The van der Waals surface area contributed by atoms with Gasteiger partial charge in [0.25, 0.3) is 0 Å². The summed E-state index contributed by atoms with van der Waals surface area (Å²) in [5.41, 5.74) is 0.834. The SMILES string of the molecule is COc1cc(-c2coc3c(OC)c(OC)c(OC)cc3c2=O)cc(OC)c1OC. The maximum Gasteiger partial charge on any atom is 0.208 e. The van der Waals surface area contributed by atoms with Crippen LogP contribution in [0.1, 0.15) is 0 Å². The molecule has 2 aromatic carbocycles. The lowest BCUT2D eigenvalue weighted by Crippen LogP contribution is -2.07. The average molecular weight is 402 g/mol. The van der Waals surface area contributed by atoms with Crippen LogP contribution in [0.25, 0.3) is 22.1 Å². The molecule has 0 amide bonds. The van der Waals surface area contributed by atoms with E-state index in [1.54, 1.807) is 18.2 Å². The van der Waals surface area contributed by atoms with E-state index in [1.165, 1.54) is 48.9 Å². The molecule has 8 heteroatoms. The lowest BCUT2D eigenvalue weighted by molar-refractivity contribution is 0.323. The molecule has 8 nitrogen and oxygen atoms in total. The molecule has 1 aromatic heterocycles. The van der Waals surface area contributed by atoms with Gasteiger partial charge in [0.2, 0.25) is 22.7 Å². The van der Waals surface area contributed by atoms with Crippen molar-refractivity contribution in [3.8, 4) is 45.6 Å². The van der Waals surface area contributed by atoms with Gasteiger partial charge in [-0.1, -0.05) is 0 Å². The van der Waals surface area contributed by atoms with Crippen LogP contribution in [-0.2, 0) is 0 Å². The Labute approximate surface area is 167 Å². The Morgan fingerprint density at radius 3 is 1.66 bits per heavy atom. The van der Waals surface area contributed by atoms with E-state index in [0.29, 0.717) is 39.9 Å². The molecule has 0 bridgehead atoms. The summed E-state index contributed by atoms with van der Waals surface area (Å²) in [6, 6.07) is 4.92. The van der Waals surface area contributed by atoms with Crippen LogP contribution in [0.3, 0.4) is 0 Å². The van der Waals surface area contributed by atoms with Crippen molar-refractivity contribution in [2.45, 2.75) is 0 Å². The lowest BCUT2D eigenvalue weighted by Gasteiger charge is -2.15. The van der Waals surface area contributed by atoms with Crippen LogP contribution in [0.15, 0.2) is 33.7 Å². The molecule has 0 saturated heterocycles. The normalized spacial score (nSPS) is 10.6. The second kappa shape index (κ2) is 8.22. The van der Waals surface area contributed by atoms with Gasteiger partial charge in [-0.25, -0.2) is 0 Å². The van der Waals surface area contributed by atoms with E-state index in [-0.39, 0.29) is 22.1 Å². The zero-order valence-corrected chi connectivity index (χ0v) is 17.1. The number of fused-ring (bicyclic) bond motifs is 1. The van der Waals surface area contributed by atoms with E-state index in [0.717, 1.165) is 0 Å². The van der Waals surface area contributed by atoms with Gasteiger partial charge in [-0.15, -0.1) is 0 Å². The second-order valence-electron chi connectivity index (χ2n) is 5.91. The first-order chi connectivity index (χ1) is 14.0. The summed E-state index contributed by atoms with van der Waals surface area (Å²) in [6.45, 7) is 0. The molecular weight excluding hydrogens is 380 g/mol. The molecule has 0 aliphatic carbocycles. The molecule has 0 spiro atoms. The quantitative estimate of drug-likeness (QED) is 0.594. The molecule has 0 fully saturated rings. The Morgan fingerprint density at radius 1 is 0.655 bits per heavy atom. The van der Waals surface area contributed by atoms with E-state index in [1.807, 2.05) is 0 Å². The van der Waals surface area contributed by atoms with Gasteiger partial charge < -0.3 is 32.8 Å². The Bertz CT molecular complexity index is 1080. The van der Waals surface area contributed by atoms with E-state index in [4.69, 9.17) is 32.8 Å². The Morgan fingerprint density at radius 2 is 1.17 bits per heavy atom. The summed E-state index contributed by atoms with van der Waals surface area (Å²) < 4.78 is 38.0. The largest absolute Gasteiger partial charge is 0.493 e. The second-order valence-corrected chi connectivity index (χ2v) is 5.91. The molecule has 0 aliphatic rings. The maximum atomic E-state index is 13.3. The van der Waals surface area contributed by atoms with E-state index >= 15 is 0 Å². The summed E-state index contributed by atoms with van der Waals surface area (Å²) in [5.74, 6) is 2.24. The van der Waals surface area contributed by atoms with E-state index in [2.05, 4.69) is 0 Å². The summed E-state index contributed by atoms with van der Waals surface area (Å²) >= 11 is 0. The summed E-state index contributed by atoms with van der Waals surface area (Å²) in [6.07, 6.45) is 1.36. The fourth-order valence-corrected chi connectivity index (χ4v) is 3.17. The minimum atomic E-state index is -0.278. The first-order valence-corrected chi connectivity index (χ1v) is 8.59. The van der Waals surface area contributed by atoms with Gasteiger partial charge in [0.15, 0.2) is 22.8 Å². The number of hydrogen-bond acceptors (Lipinski definition) is 8. The Hall–Kier alpha value is -3.55. The molecule has 0 atom stereocenters. The number of rotatable bonds is 7. The first kappa shape index (κ1) is 20.2. The highest BCUT2D eigenvalue weighted by Gasteiger charge is 2.22. The van der Waals surface area contributed by atoms with Crippen LogP contribution in [0.4, 0.5) is 0 Å².